The number of aromatic nitrogens is 8. The van der Waals surface area contributed by atoms with Crippen LogP contribution < -0.4 is 0 Å². The van der Waals surface area contributed by atoms with E-state index in [1.807, 2.05) is 0 Å². The molecule has 6 rings (SSSR count). The normalized spacial score (nSPS) is 11.2. The predicted octanol–water partition coefficient (Wildman–Crippen LogP) is 6.33. The molecular weight excluding hydrogens is 675 g/mol. The topological polar surface area (TPSA) is 123 Å². The molecule has 0 fully saturated rings. The third-order valence-corrected chi connectivity index (χ3v) is 8.34. The molecular formula is C34H27F4N8O3P. The van der Waals surface area contributed by atoms with Crippen LogP contribution in [0.2, 0.25) is 0 Å². The van der Waals surface area contributed by atoms with E-state index in [1.54, 1.807) is 14.1 Å². The molecule has 0 bridgehead atoms. The zero-order chi connectivity index (χ0) is 35.2. The van der Waals surface area contributed by atoms with Gasteiger partial charge in [0.2, 0.25) is 0 Å². The summed E-state index contributed by atoms with van der Waals surface area (Å²) in [5.74, 6) is -1.39. The van der Waals surface area contributed by atoms with Crippen LogP contribution in [0.3, 0.4) is 0 Å². The second-order valence-electron chi connectivity index (χ2n) is 10.8. The molecule has 0 radical (unpaired) electrons. The molecule has 0 saturated carbocycles. The van der Waals surface area contributed by atoms with Crippen LogP contribution in [0.25, 0.3) is 22.3 Å². The maximum absolute atomic E-state index is 14.0. The number of rotatable bonds is 12. The Morgan fingerprint density at radius 1 is 0.540 bits per heavy atom. The maximum Gasteiger partial charge on any atom is 0.319 e. The molecule has 0 amide bonds. The minimum atomic E-state index is -3.32. The SMILES string of the molecule is Cn1nnnc1C(CO[PH](=O)OCC(=C(c1ccc(F)cc1)c1ccc(F)cc1)c1nnnn1C)=C(c1ccc(F)cc1)c1ccc(F)cc1. The fourth-order valence-corrected chi connectivity index (χ4v) is 5.88. The second kappa shape index (κ2) is 15.3. The van der Waals surface area contributed by atoms with E-state index >= 15 is 0 Å². The lowest BCUT2D eigenvalue weighted by atomic mass is 9.92. The lowest BCUT2D eigenvalue weighted by Gasteiger charge is -2.18. The van der Waals surface area contributed by atoms with E-state index in [-0.39, 0.29) is 24.9 Å². The molecule has 2 heterocycles. The molecule has 0 aliphatic heterocycles. The summed E-state index contributed by atoms with van der Waals surface area (Å²) in [5.41, 5.74) is 3.77. The first-order valence-electron chi connectivity index (χ1n) is 14.9. The van der Waals surface area contributed by atoms with E-state index in [4.69, 9.17) is 9.05 Å². The van der Waals surface area contributed by atoms with Crippen molar-refractivity contribution in [2.75, 3.05) is 13.2 Å². The molecule has 0 N–H and O–H groups in total. The van der Waals surface area contributed by atoms with E-state index < -0.39 is 31.5 Å². The maximum atomic E-state index is 14.0. The van der Waals surface area contributed by atoms with Crippen LogP contribution in [-0.2, 0) is 27.7 Å². The minimum Gasteiger partial charge on any atom is -0.306 e. The van der Waals surface area contributed by atoms with Gasteiger partial charge in [-0.1, -0.05) is 48.5 Å². The van der Waals surface area contributed by atoms with Crippen LogP contribution in [0.5, 0.6) is 0 Å². The first-order valence-corrected chi connectivity index (χ1v) is 16.2. The molecule has 50 heavy (non-hydrogen) atoms. The molecule has 0 saturated heterocycles. The van der Waals surface area contributed by atoms with Gasteiger partial charge in [-0.3, -0.25) is 4.57 Å². The lowest BCUT2D eigenvalue weighted by Crippen LogP contribution is -2.08. The van der Waals surface area contributed by atoms with Crippen molar-refractivity contribution in [3.8, 4) is 0 Å². The summed E-state index contributed by atoms with van der Waals surface area (Å²) < 4.78 is 83.7. The van der Waals surface area contributed by atoms with Crippen LogP contribution in [0, 0.1) is 23.3 Å². The van der Waals surface area contributed by atoms with E-state index in [1.165, 1.54) is 106 Å². The van der Waals surface area contributed by atoms with Gasteiger partial charge in [0, 0.05) is 25.2 Å². The van der Waals surface area contributed by atoms with Gasteiger partial charge in [-0.2, -0.15) is 0 Å². The number of nitrogens with zero attached hydrogens (tertiary/aromatic N) is 8. The van der Waals surface area contributed by atoms with Crippen LogP contribution >= 0.6 is 8.25 Å². The quantitative estimate of drug-likeness (QED) is 0.106. The van der Waals surface area contributed by atoms with Crippen LogP contribution in [0.15, 0.2) is 97.1 Å². The summed E-state index contributed by atoms with van der Waals surface area (Å²) in [6.45, 7) is -0.688. The van der Waals surface area contributed by atoms with E-state index in [0.29, 0.717) is 44.5 Å². The fraction of sp³-hybridized carbons (Fsp3) is 0.118. The first-order chi connectivity index (χ1) is 24.2. The van der Waals surface area contributed by atoms with Gasteiger partial charge in [0.25, 0.3) is 0 Å². The van der Waals surface area contributed by atoms with Gasteiger partial charge in [0.1, 0.15) is 23.3 Å². The molecule has 0 unspecified atom stereocenters. The number of benzene rings is 4. The Labute approximate surface area is 283 Å². The second-order valence-corrected chi connectivity index (χ2v) is 11.9. The Kier molecular flexibility index (Phi) is 10.5. The number of aryl methyl sites for hydroxylation is 2. The summed E-state index contributed by atoms with van der Waals surface area (Å²) in [6.07, 6.45) is 0. The monoisotopic (exact) mass is 702 g/mol. The van der Waals surface area contributed by atoms with Crippen molar-refractivity contribution >= 4 is 30.5 Å². The van der Waals surface area contributed by atoms with Crippen molar-refractivity contribution in [2.45, 2.75) is 0 Å². The highest BCUT2D eigenvalue weighted by Gasteiger charge is 2.23. The number of halogens is 4. The zero-order valence-corrected chi connectivity index (χ0v) is 27.5. The number of tetrazole rings is 2. The molecule has 6 aromatic rings. The van der Waals surface area contributed by atoms with Gasteiger partial charge in [0.15, 0.2) is 11.6 Å². The minimum absolute atomic E-state index is 0.240. The van der Waals surface area contributed by atoms with E-state index in [2.05, 4.69) is 31.1 Å². The standard InChI is InChI=1S/C34H27F4N8O3P/c1-45-33(39-41-43-45)29(31(21-3-11-25(35)12-4-21)22-5-13-26(36)14-6-22)19-48-50(47)49-20-30(34-40-42-44-46(34)2)32(23-7-15-27(37)16-8-23)24-9-17-28(38)18-10-24/h3-18,50H,19-20H2,1-2H3. The lowest BCUT2D eigenvalue weighted by molar-refractivity contribution is 0.266. The number of hydrogen-bond donors (Lipinski definition) is 0. The van der Waals surface area contributed by atoms with Gasteiger partial charge < -0.3 is 9.05 Å². The Balaban J connectivity index is 1.38. The molecule has 0 aliphatic carbocycles. The average molecular weight is 703 g/mol. The van der Waals surface area contributed by atoms with Crippen molar-refractivity contribution in [1.29, 1.82) is 0 Å². The summed E-state index contributed by atoms with van der Waals surface area (Å²) in [4.78, 5) is 0. The Bertz CT molecular complexity index is 1940. The van der Waals surface area contributed by atoms with Gasteiger partial charge in [-0.15, -0.1) is 10.2 Å². The van der Waals surface area contributed by atoms with Crippen molar-refractivity contribution in [1.82, 2.24) is 40.4 Å². The molecule has 0 spiro atoms. The molecule has 0 aliphatic rings. The van der Waals surface area contributed by atoms with Crippen molar-refractivity contribution in [3.63, 3.8) is 0 Å². The van der Waals surface area contributed by atoms with Crippen molar-refractivity contribution in [3.05, 3.63) is 154 Å². The molecule has 4 aromatic carbocycles. The molecule has 2 aromatic heterocycles. The molecule has 0 atom stereocenters. The van der Waals surface area contributed by atoms with E-state index in [0.717, 1.165) is 0 Å². The van der Waals surface area contributed by atoms with E-state index in [9.17, 15) is 22.1 Å². The van der Waals surface area contributed by atoms with Gasteiger partial charge >= 0.3 is 8.25 Å². The zero-order valence-electron chi connectivity index (χ0n) is 26.5. The highest BCUT2D eigenvalue weighted by atomic mass is 31.1. The highest BCUT2D eigenvalue weighted by Crippen LogP contribution is 2.37. The summed E-state index contributed by atoms with van der Waals surface area (Å²) >= 11 is 0. The van der Waals surface area contributed by atoms with Crippen molar-refractivity contribution < 1.29 is 31.2 Å². The van der Waals surface area contributed by atoms with Gasteiger partial charge in [-0.05, 0) is 103 Å². The van der Waals surface area contributed by atoms with Crippen molar-refractivity contribution in [2.24, 2.45) is 14.1 Å². The Morgan fingerprint density at radius 3 is 1.06 bits per heavy atom. The van der Waals surface area contributed by atoms with Gasteiger partial charge in [0.05, 0.1) is 13.2 Å². The predicted molar refractivity (Wildman–Crippen MR) is 176 cm³/mol. The Hall–Kier alpha value is -5.63. The Morgan fingerprint density at radius 2 is 0.820 bits per heavy atom. The highest BCUT2D eigenvalue weighted by molar-refractivity contribution is 7.33. The molecule has 16 heteroatoms. The molecule has 11 nitrogen and oxygen atoms in total. The summed E-state index contributed by atoms with van der Waals surface area (Å²) in [5, 5.41) is 23.5. The summed E-state index contributed by atoms with van der Waals surface area (Å²) in [7, 11) is -0.123. The smallest absolute Gasteiger partial charge is 0.306 e. The largest absolute Gasteiger partial charge is 0.319 e. The summed E-state index contributed by atoms with van der Waals surface area (Å²) in [6, 6.07) is 22.5. The average Bonchev–Trinajstić information content (AvgIpc) is 3.74. The molecule has 254 valence electrons. The number of hydrogen-bond acceptors (Lipinski definition) is 9. The van der Waals surface area contributed by atoms with Crippen LogP contribution in [-0.4, -0.2) is 53.6 Å². The van der Waals surface area contributed by atoms with Crippen LogP contribution in [0.4, 0.5) is 17.6 Å². The third-order valence-electron chi connectivity index (χ3n) is 7.58. The third kappa shape index (κ3) is 7.81. The van der Waals surface area contributed by atoms with Gasteiger partial charge in [-0.25, -0.2) is 26.9 Å². The van der Waals surface area contributed by atoms with Crippen LogP contribution in [0.1, 0.15) is 33.9 Å². The fourth-order valence-electron chi connectivity index (χ4n) is 5.27. The first kappa shape index (κ1) is 34.2.